The molecule has 1 heterocycles. The van der Waals surface area contributed by atoms with E-state index < -0.39 is 0 Å². The van der Waals surface area contributed by atoms with E-state index in [9.17, 15) is 9.90 Å². The van der Waals surface area contributed by atoms with E-state index in [0.717, 1.165) is 17.7 Å². The molecule has 0 fully saturated rings. The summed E-state index contributed by atoms with van der Waals surface area (Å²) in [6.07, 6.45) is 0.892. The van der Waals surface area contributed by atoms with Gasteiger partial charge in [-0.3, -0.25) is 4.79 Å². The third kappa shape index (κ3) is 3.74. The van der Waals surface area contributed by atoms with Crippen LogP contribution in [-0.2, 0) is 13.2 Å². The van der Waals surface area contributed by atoms with Crippen molar-refractivity contribution < 1.29 is 9.84 Å². The van der Waals surface area contributed by atoms with Crippen LogP contribution in [0.3, 0.4) is 0 Å². The first-order valence-corrected chi connectivity index (χ1v) is 7.54. The van der Waals surface area contributed by atoms with Crippen LogP contribution in [0, 0.1) is 0 Å². The molecule has 0 atom stereocenters. The number of nitrogens with zero attached hydrogens (tertiary/aromatic N) is 2. The van der Waals surface area contributed by atoms with Gasteiger partial charge in [-0.25, -0.2) is 4.68 Å². The van der Waals surface area contributed by atoms with Crippen LogP contribution < -0.4 is 10.3 Å². The number of aliphatic hydroxyl groups excluding tert-OH is 1. The molecule has 0 radical (unpaired) electrons. The number of aryl methyl sites for hydroxylation is 1. The molecule has 2 aromatic rings. The maximum Gasteiger partial charge on any atom is 0.272 e. The Bertz CT molecular complexity index is 693. The van der Waals surface area contributed by atoms with E-state index in [1.807, 2.05) is 45.0 Å². The summed E-state index contributed by atoms with van der Waals surface area (Å²) in [4.78, 5) is 12.1. The third-order valence-corrected chi connectivity index (χ3v) is 3.16. The van der Waals surface area contributed by atoms with E-state index in [1.54, 1.807) is 6.07 Å². The second kappa shape index (κ2) is 7.22. The van der Waals surface area contributed by atoms with Gasteiger partial charge in [0, 0.05) is 17.7 Å². The van der Waals surface area contributed by atoms with Gasteiger partial charge in [-0.05, 0) is 38.5 Å². The molecular formula is C17H22N2O3. The van der Waals surface area contributed by atoms with Gasteiger partial charge < -0.3 is 9.84 Å². The predicted molar refractivity (Wildman–Crippen MR) is 85.9 cm³/mol. The van der Waals surface area contributed by atoms with Crippen LogP contribution in [-0.4, -0.2) is 21.0 Å². The predicted octanol–water partition coefficient (Wildman–Crippen LogP) is 2.60. The Balaban J connectivity index is 2.47. The number of hydrogen-bond donors (Lipinski definition) is 1. The molecule has 5 heteroatoms. The molecule has 118 valence electrons. The molecule has 1 aromatic carbocycles. The molecule has 1 aromatic heterocycles. The number of benzene rings is 1. The van der Waals surface area contributed by atoms with Crippen molar-refractivity contribution in [2.24, 2.45) is 0 Å². The molecule has 1 N–H and O–H groups in total. The van der Waals surface area contributed by atoms with Gasteiger partial charge in [0.05, 0.1) is 18.4 Å². The Morgan fingerprint density at radius 3 is 2.73 bits per heavy atom. The molecule has 0 aliphatic heterocycles. The van der Waals surface area contributed by atoms with E-state index in [2.05, 4.69) is 5.10 Å². The average molecular weight is 302 g/mol. The zero-order valence-electron chi connectivity index (χ0n) is 13.2. The highest BCUT2D eigenvalue weighted by Crippen LogP contribution is 2.23. The fraction of sp³-hybridized carbons (Fsp3) is 0.412. The van der Waals surface area contributed by atoms with Gasteiger partial charge >= 0.3 is 0 Å². The highest BCUT2D eigenvalue weighted by atomic mass is 16.5. The minimum absolute atomic E-state index is 0.0882. The summed E-state index contributed by atoms with van der Waals surface area (Å²) in [6, 6.07) is 9.23. The first-order valence-electron chi connectivity index (χ1n) is 7.54. The zero-order chi connectivity index (χ0) is 16.1. The molecular weight excluding hydrogens is 280 g/mol. The normalized spacial score (nSPS) is 11.0. The molecule has 0 amide bonds. The van der Waals surface area contributed by atoms with Crippen molar-refractivity contribution in [3.8, 4) is 17.0 Å². The van der Waals surface area contributed by atoms with Crippen LogP contribution in [0.4, 0.5) is 0 Å². The van der Waals surface area contributed by atoms with E-state index in [0.29, 0.717) is 17.8 Å². The lowest BCUT2D eigenvalue weighted by molar-refractivity contribution is 0.242. The van der Waals surface area contributed by atoms with Crippen LogP contribution in [0.1, 0.15) is 32.8 Å². The Hall–Kier alpha value is -2.14. The van der Waals surface area contributed by atoms with Crippen molar-refractivity contribution in [2.75, 3.05) is 0 Å². The molecule has 22 heavy (non-hydrogen) atoms. The Morgan fingerprint density at radius 1 is 1.32 bits per heavy atom. The molecule has 5 nitrogen and oxygen atoms in total. The van der Waals surface area contributed by atoms with Gasteiger partial charge in [0.15, 0.2) is 0 Å². The van der Waals surface area contributed by atoms with Crippen molar-refractivity contribution in [3.63, 3.8) is 0 Å². The van der Waals surface area contributed by atoms with Gasteiger partial charge in [-0.1, -0.05) is 19.1 Å². The third-order valence-electron chi connectivity index (χ3n) is 3.16. The quantitative estimate of drug-likeness (QED) is 0.891. The molecule has 0 saturated carbocycles. The fourth-order valence-electron chi connectivity index (χ4n) is 2.22. The van der Waals surface area contributed by atoms with Crippen LogP contribution in [0.2, 0.25) is 0 Å². The lowest BCUT2D eigenvalue weighted by atomic mass is 10.1. The van der Waals surface area contributed by atoms with Gasteiger partial charge in [-0.2, -0.15) is 5.10 Å². The minimum Gasteiger partial charge on any atom is -0.491 e. The van der Waals surface area contributed by atoms with Crippen molar-refractivity contribution >= 4 is 0 Å². The molecule has 2 rings (SSSR count). The lowest BCUT2D eigenvalue weighted by Gasteiger charge is -2.12. The molecule has 0 bridgehead atoms. The van der Waals surface area contributed by atoms with Crippen LogP contribution in [0.15, 0.2) is 35.1 Å². The van der Waals surface area contributed by atoms with Crippen molar-refractivity contribution in [3.05, 3.63) is 46.2 Å². The maximum atomic E-state index is 12.1. The summed E-state index contributed by atoms with van der Waals surface area (Å²) in [5.74, 6) is 0.757. The molecule has 0 aliphatic carbocycles. The van der Waals surface area contributed by atoms with Gasteiger partial charge in [0.1, 0.15) is 5.75 Å². The second-order valence-electron chi connectivity index (χ2n) is 5.44. The number of ether oxygens (including phenoxy) is 1. The highest BCUT2D eigenvalue weighted by molar-refractivity contribution is 5.61. The van der Waals surface area contributed by atoms with Crippen LogP contribution >= 0.6 is 0 Å². The molecule has 0 aliphatic rings. The summed E-state index contributed by atoms with van der Waals surface area (Å²) in [6.45, 7) is 6.16. The topological polar surface area (TPSA) is 64.3 Å². The summed E-state index contributed by atoms with van der Waals surface area (Å²) in [5.41, 5.74) is 1.64. The monoisotopic (exact) mass is 302 g/mol. The van der Waals surface area contributed by atoms with Crippen LogP contribution in [0.25, 0.3) is 11.3 Å². The summed E-state index contributed by atoms with van der Waals surface area (Å²) >= 11 is 0. The van der Waals surface area contributed by atoms with Gasteiger partial charge in [0.2, 0.25) is 0 Å². The summed E-state index contributed by atoms with van der Waals surface area (Å²) < 4.78 is 7.10. The second-order valence-corrected chi connectivity index (χ2v) is 5.44. The lowest BCUT2D eigenvalue weighted by Crippen LogP contribution is -2.26. The zero-order valence-corrected chi connectivity index (χ0v) is 13.2. The minimum atomic E-state index is -0.291. The first kappa shape index (κ1) is 16.2. The largest absolute Gasteiger partial charge is 0.491 e. The van der Waals surface area contributed by atoms with Crippen molar-refractivity contribution in [1.29, 1.82) is 0 Å². The van der Waals surface area contributed by atoms with E-state index in [4.69, 9.17) is 4.74 Å². The highest BCUT2D eigenvalue weighted by Gasteiger charge is 2.10. The van der Waals surface area contributed by atoms with Crippen LogP contribution in [0.5, 0.6) is 5.75 Å². The van der Waals surface area contributed by atoms with E-state index >= 15 is 0 Å². The Kier molecular flexibility index (Phi) is 5.33. The molecule has 0 spiro atoms. The van der Waals surface area contributed by atoms with E-state index in [-0.39, 0.29) is 18.3 Å². The standard InChI is InChI=1S/C17H22N2O3/c1-4-8-19-17(21)14(11-20)10-16(18-19)13-6-5-7-15(9-13)22-12(2)3/h5-7,9-10,12,20H,4,8,11H2,1-3H3. The number of aliphatic hydroxyl groups is 1. The number of hydrogen-bond acceptors (Lipinski definition) is 4. The number of rotatable bonds is 6. The van der Waals surface area contributed by atoms with Gasteiger partial charge in [0.25, 0.3) is 5.56 Å². The van der Waals surface area contributed by atoms with Gasteiger partial charge in [-0.15, -0.1) is 0 Å². The Labute approximate surface area is 130 Å². The molecule has 0 saturated heterocycles. The Morgan fingerprint density at radius 2 is 2.09 bits per heavy atom. The van der Waals surface area contributed by atoms with Crippen molar-refractivity contribution in [1.82, 2.24) is 9.78 Å². The van der Waals surface area contributed by atoms with Crippen molar-refractivity contribution in [2.45, 2.75) is 46.4 Å². The summed E-state index contributed by atoms with van der Waals surface area (Å²) in [7, 11) is 0. The number of aromatic nitrogens is 2. The maximum absolute atomic E-state index is 12.1. The SMILES string of the molecule is CCCn1nc(-c2cccc(OC(C)C)c2)cc(CO)c1=O. The fourth-order valence-corrected chi connectivity index (χ4v) is 2.22. The smallest absolute Gasteiger partial charge is 0.272 e. The van der Waals surface area contributed by atoms with E-state index in [1.165, 1.54) is 4.68 Å². The average Bonchev–Trinajstić information content (AvgIpc) is 2.49. The summed E-state index contributed by atoms with van der Waals surface area (Å²) in [5, 5.41) is 13.8. The first-order chi connectivity index (χ1) is 10.5. The molecule has 0 unspecified atom stereocenters.